The SMILES string of the molecule is C#CCC(NC(=O)N(C)Cc1ccc(OC)cc1)C(=O)O. The van der Waals surface area contributed by atoms with Crippen LogP contribution in [0.1, 0.15) is 12.0 Å². The summed E-state index contributed by atoms with van der Waals surface area (Å²) in [5.41, 5.74) is 0.900. The topological polar surface area (TPSA) is 78.9 Å². The fraction of sp³-hybridized carbons (Fsp3) is 0.333. The van der Waals surface area contributed by atoms with E-state index in [1.807, 2.05) is 12.1 Å². The molecule has 6 nitrogen and oxygen atoms in total. The fourth-order valence-corrected chi connectivity index (χ4v) is 1.65. The van der Waals surface area contributed by atoms with E-state index in [9.17, 15) is 9.59 Å². The molecule has 1 rings (SSSR count). The van der Waals surface area contributed by atoms with Crippen molar-refractivity contribution in [3.63, 3.8) is 0 Å². The molecule has 0 spiro atoms. The van der Waals surface area contributed by atoms with Gasteiger partial charge in [-0.15, -0.1) is 12.3 Å². The van der Waals surface area contributed by atoms with E-state index in [4.69, 9.17) is 16.3 Å². The van der Waals surface area contributed by atoms with Crippen LogP contribution in [-0.4, -0.2) is 42.2 Å². The van der Waals surface area contributed by atoms with Crippen LogP contribution in [0.3, 0.4) is 0 Å². The maximum Gasteiger partial charge on any atom is 0.327 e. The fourth-order valence-electron chi connectivity index (χ4n) is 1.65. The Hall–Kier alpha value is -2.68. The van der Waals surface area contributed by atoms with E-state index in [1.165, 1.54) is 4.90 Å². The smallest absolute Gasteiger partial charge is 0.327 e. The lowest BCUT2D eigenvalue weighted by Gasteiger charge is -2.20. The van der Waals surface area contributed by atoms with Gasteiger partial charge in [0.25, 0.3) is 0 Å². The molecular formula is C15H18N2O4. The van der Waals surface area contributed by atoms with Gasteiger partial charge in [-0.05, 0) is 17.7 Å². The van der Waals surface area contributed by atoms with Crippen LogP contribution in [0.4, 0.5) is 4.79 Å². The first-order valence-corrected chi connectivity index (χ1v) is 6.28. The molecule has 0 bridgehead atoms. The minimum Gasteiger partial charge on any atom is -0.497 e. The zero-order valence-electron chi connectivity index (χ0n) is 12.0. The monoisotopic (exact) mass is 290 g/mol. The highest BCUT2D eigenvalue weighted by atomic mass is 16.5. The summed E-state index contributed by atoms with van der Waals surface area (Å²) < 4.78 is 5.05. The van der Waals surface area contributed by atoms with Crippen molar-refractivity contribution in [2.75, 3.05) is 14.2 Å². The van der Waals surface area contributed by atoms with Gasteiger partial charge in [0.2, 0.25) is 0 Å². The molecule has 1 aromatic carbocycles. The van der Waals surface area contributed by atoms with Crippen molar-refractivity contribution in [2.24, 2.45) is 0 Å². The Morgan fingerprint density at radius 1 is 1.43 bits per heavy atom. The van der Waals surface area contributed by atoms with Crippen molar-refractivity contribution in [2.45, 2.75) is 19.0 Å². The Bertz CT molecular complexity index is 534. The molecule has 1 unspecified atom stereocenters. The Morgan fingerprint density at radius 3 is 2.52 bits per heavy atom. The van der Waals surface area contributed by atoms with Crippen LogP contribution in [-0.2, 0) is 11.3 Å². The third-order valence-corrected chi connectivity index (χ3v) is 2.84. The Balaban J connectivity index is 2.61. The van der Waals surface area contributed by atoms with Crippen molar-refractivity contribution >= 4 is 12.0 Å². The maximum atomic E-state index is 11.9. The third-order valence-electron chi connectivity index (χ3n) is 2.84. The van der Waals surface area contributed by atoms with Gasteiger partial charge in [0.05, 0.1) is 7.11 Å². The Labute approximate surface area is 123 Å². The molecule has 0 aliphatic carbocycles. The van der Waals surface area contributed by atoms with Crippen LogP contribution in [0.2, 0.25) is 0 Å². The van der Waals surface area contributed by atoms with Gasteiger partial charge in [0.15, 0.2) is 0 Å². The standard InChI is InChI=1S/C15H18N2O4/c1-4-5-13(14(18)19)16-15(20)17(2)10-11-6-8-12(21-3)9-7-11/h1,6-9,13H,5,10H2,2-3H3,(H,16,20)(H,18,19). The predicted molar refractivity (Wildman–Crippen MR) is 77.9 cm³/mol. The summed E-state index contributed by atoms with van der Waals surface area (Å²) in [6, 6.07) is 5.67. The number of urea groups is 1. The molecule has 0 aromatic heterocycles. The molecule has 0 aliphatic heterocycles. The van der Waals surface area contributed by atoms with E-state index < -0.39 is 18.0 Å². The van der Waals surface area contributed by atoms with Crippen LogP contribution in [0.25, 0.3) is 0 Å². The minimum atomic E-state index is -1.15. The molecule has 6 heteroatoms. The number of ether oxygens (including phenoxy) is 1. The molecular weight excluding hydrogens is 272 g/mol. The van der Waals surface area contributed by atoms with Gasteiger partial charge >= 0.3 is 12.0 Å². The predicted octanol–water partition coefficient (Wildman–Crippen LogP) is 1.31. The van der Waals surface area contributed by atoms with Gasteiger partial charge in [-0.3, -0.25) is 0 Å². The summed E-state index contributed by atoms with van der Waals surface area (Å²) in [6.07, 6.45) is 5.02. The molecule has 1 atom stereocenters. The zero-order chi connectivity index (χ0) is 15.8. The normalized spacial score (nSPS) is 11.1. The number of benzene rings is 1. The number of nitrogens with one attached hydrogen (secondary N) is 1. The van der Waals surface area contributed by atoms with Gasteiger partial charge in [-0.2, -0.15) is 0 Å². The van der Waals surface area contributed by atoms with E-state index in [0.717, 1.165) is 11.3 Å². The minimum absolute atomic E-state index is 0.0581. The zero-order valence-corrected chi connectivity index (χ0v) is 12.0. The molecule has 2 amide bonds. The van der Waals surface area contributed by atoms with Crippen LogP contribution >= 0.6 is 0 Å². The number of nitrogens with zero attached hydrogens (tertiary/aromatic N) is 1. The lowest BCUT2D eigenvalue weighted by atomic mass is 10.2. The number of aliphatic carboxylic acids is 1. The second kappa shape index (κ2) is 7.80. The second-order valence-electron chi connectivity index (χ2n) is 4.45. The first kappa shape index (κ1) is 16.4. The van der Waals surface area contributed by atoms with Crippen molar-refractivity contribution in [1.29, 1.82) is 0 Å². The molecule has 21 heavy (non-hydrogen) atoms. The average molecular weight is 290 g/mol. The molecule has 0 fully saturated rings. The highest BCUT2D eigenvalue weighted by molar-refractivity contribution is 5.82. The number of carbonyl (C=O) groups excluding carboxylic acids is 1. The van der Waals surface area contributed by atoms with Crippen LogP contribution < -0.4 is 10.1 Å². The first-order valence-electron chi connectivity index (χ1n) is 6.28. The lowest BCUT2D eigenvalue weighted by molar-refractivity contribution is -0.139. The number of hydrogen-bond donors (Lipinski definition) is 2. The van der Waals surface area contributed by atoms with Crippen molar-refractivity contribution in [3.05, 3.63) is 29.8 Å². The number of terminal acetylenes is 1. The van der Waals surface area contributed by atoms with E-state index in [0.29, 0.717) is 6.54 Å². The van der Waals surface area contributed by atoms with Crippen molar-refractivity contribution in [3.8, 4) is 18.1 Å². The third kappa shape index (κ3) is 5.07. The average Bonchev–Trinajstić information content (AvgIpc) is 2.47. The summed E-state index contributed by atoms with van der Waals surface area (Å²) in [7, 11) is 3.15. The summed E-state index contributed by atoms with van der Waals surface area (Å²) in [5, 5.41) is 11.3. The van der Waals surface area contributed by atoms with Crippen LogP contribution in [0.15, 0.2) is 24.3 Å². The Kier molecular flexibility index (Phi) is 6.08. The number of carboxylic acids is 1. The molecule has 0 aliphatic rings. The number of rotatable bonds is 6. The van der Waals surface area contributed by atoms with Crippen molar-refractivity contribution < 1.29 is 19.4 Å². The lowest BCUT2D eigenvalue weighted by Crippen LogP contribution is -2.46. The quantitative estimate of drug-likeness (QED) is 0.774. The summed E-state index contributed by atoms with van der Waals surface area (Å²) in [5.74, 6) is 1.80. The molecule has 1 aromatic rings. The maximum absolute atomic E-state index is 11.9. The number of hydrogen-bond acceptors (Lipinski definition) is 3. The molecule has 0 saturated heterocycles. The van der Waals surface area contributed by atoms with Gasteiger partial charge in [0.1, 0.15) is 11.8 Å². The van der Waals surface area contributed by atoms with Gasteiger partial charge < -0.3 is 20.1 Å². The van der Waals surface area contributed by atoms with E-state index in [2.05, 4.69) is 11.2 Å². The molecule has 112 valence electrons. The summed E-state index contributed by atoms with van der Waals surface area (Å²) in [4.78, 5) is 24.2. The van der Waals surface area contributed by atoms with Crippen molar-refractivity contribution in [1.82, 2.24) is 10.2 Å². The van der Waals surface area contributed by atoms with Crippen LogP contribution in [0, 0.1) is 12.3 Å². The number of carboxylic acid groups (broad SMARTS) is 1. The van der Waals surface area contributed by atoms with E-state index >= 15 is 0 Å². The van der Waals surface area contributed by atoms with Gasteiger partial charge in [-0.25, -0.2) is 9.59 Å². The summed E-state index contributed by atoms with van der Waals surface area (Å²) in [6.45, 7) is 0.345. The highest BCUT2D eigenvalue weighted by Crippen LogP contribution is 2.12. The number of methoxy groups -OCH3 is 1. The van der Waals surface area contributed by atoms with Crippen LogP contribution in [0.5, 0.6) is 5.75 Å². The summed E-state index contributed by atoms with van der Waals surface area (Å²) >= 11 is 0. The highest BCUT2D eigenvalue weighted by Gasteiger charge is 2.20. The number of carbonyl (C=O) groups is 2. The number of amides is 2. The van der Waals surface area contributed by atoms with Gasteiger partial charge in [-0.1, -0.05) is 12.1 Å². The van der Waals surface area contributed by atoms with Gasteiger partial charge in [0, 0.05) is 20.0 Å². The first-order chi connectivity index (χ1) is 9.97. The Morgan fingerprint density at radius 2 is 2.05 bits per heavy atom. The van der Waals surface area contributed by atoms with E-state index in [1.54, 1.807) is 26.3 Å². The largest absolute Gasteiger partial charge is 0.497 e. The second-order valence-corrected chi connectivity index (χ2v) is 4.45. The molecule has 0 heterocycles. The molecule has 0 radical (unpaired) electrons. The van der Waals surface area contributed by atoms with E-state index in [-0.39, 0.29) is 6.42 Å². The molecule has 2 N–H and O–H groups in total. The molecule has 0 saturated carbocycles.